The Balaban J connectivity index is 1.48. The van der Waals surface area contributed by atoms with Crippen molar-refractivity contribution in [2.75, 3.05) is 0 Å². The zero-order chi connectivity index (χ0) is 27.8. The minimum atomic E-state index is -0.524. The van der Waals surface area contributed by atoms with E-state index >= 15 is 0 Å². The Labute approximate surface area is 229 Å². The summed E-state index contributed by atoms with van der Waals surface area (Å²) in [6, 6.07) is 16.4. The predicted molar refractivity (Wildman–Crippen MR) is 152 cm³/mol. The molecule has 0 fully saturated rings. The average molecular weight is 528 g/mol. The van der Waals surface area contributed by atoms with Gasteiger partial charge in [-0.2, -0.15) is 5.10 Å². The number of benzene rings is 2. The normalized spacial score (nSPS) is 11.8. The number of pyridine rings is 1. The minimum Gasteiger partial charge on any atom is -0.344 e. The van der Waals surface area contributed by atoms with E-state index in [4.69, 9.17) is 0 Å². The second-order valence-corrected chi connectivity index (χ2v) is 9.53. The van der Waals surface area contributed by atoms with E-state index in [9.17, 15) is 9.59 Å². The molecule has 1 unspecified atom stereocenters. The molecule has 0 saturated carbocycles. The number of para-hydroxylation sites is 1. The van der Waals surface area contributed by atoms with Gasteiger partial charge in [0, 0.05) is 42.6 Å². The minimum absolute atomic E-state index is 0.218. The van der Waals surface area contributed by atoms with Crippen LogP contribution in [0.4, 0.5) is 0 Å². The molecular weight excluding hydrogens is 502 g/mol. The van der Waals surface area contributed by atoms with Crippen LogP contribution < -0.4 is 10.9 Å². The van der Waals surface area contributed by atoms with Crippen LogP contribution in [-0.4, -0.2) is 34.6 Å². The van der Waals surface area contributed by atoms with Gasteiger partial charge in [-0.25, -0.2) is 9.97 Å². The highest BCUT2D eigenvalue weighted by molar-refractivity contribution is 6.01. The first-order valence-electron chi connectivity index (χ1n) is 12.7. The van der Waals surface area contributed by atoms with E-state index in [1.165, 1.54) is 0 Å². The number of rotatable bonds is 4. The van der Waals surface area contributed by atoms with Crippen LogP contribution in [0.25, 0.3) is 22.1 Å². The summed E-state index contributed by atoms with van der Waals surface area (Å²) in [5, 5.41) is 8.48. The van der Waals surface area contributed by atoms with Crippen LogP contribution >= 0.6 is 0 Å². The van der Waals surface area contributed by atoms with Gasteiger partial charge in [0.25, 0.3) is 11.5 Å². The number of nitrogens with one attached hydrogen (secondary N) is 1. The Bertz CT molecular complexity index is 2020. The summed E-state index contributed by atoms with van der Waals surface area (Å²) in [4.78, 5) is 36.4. The number of nitrogens with zero attached hydrogens (tertiary/aromatic N) is 6. The fourth-order valence-electron chi connectivity index (χ4n) is 4.86. The zero-order valence-corrected chi connectivity index (χ0v) is 22.2. The van der Waals surface area contributed by atoms with E-state index < -0.39 is 6.04 Å². The van der Waals surface area contributed by atoms with Crippen LogP contribution in [0.1, 0.15) is 45.8 Å². The molecule has 9 heteroatoms. The molecule has 0 spiro atoms. The standard InChI is InChI=1S/C31H25N7O2/c1-20(35-30(39)27-21(2)33-19-37-15-14-32-29(27)37)26-16-24-9-7-8-23(13-12-22-17-34-36(3)18-22)28(24)31(40)38(26)25-10-5-4-6-11-25/h4-11,14-20H,1-3H3,(H,35,39). The molecule has 6 aromatic rings. The van der Waals surface area contributed by atoms with E-state index in [-0.39, 0.29) is 11.5 Å². The first-order valence-corrected chi connectivity index (χ1v) is 12.7. The second kappa shape index (κ2) is 10.0. The summed E-state index contributed by atoms with van der Waals surface area (Å²) < 4.78 is 5.03. The Hall–Kier alpha value is -5.49. The smallest absolute Gasteiger partial charge is 0.264 e. The molecule has 0 aliphatic carbocycles. The first kappa shape index (κ1) is 24.8. The Morgan fingerprint density at radius 1 is 1.05 bits per heavy atom. The summed E-state index contributed by atoms with van der Waals surface area (Å²) in [5.74, 6) is 5.94. The van der Waals surface area contributed by atoms with E-state index in [1.807, 2.05) is 74.8 Å². The van der Waals surface area contributed by atoms with E-state index in [1.54, 1.807) is 45.5 Å². The number of fused-ring (bicyclic) bond motifs is 2. The van der Waals surface area contributed by atoms with Crippen molar-refractivity contribution in [2.24, 2.45) is 7.05 Å². The zero-order valence-electron chi connectivity index (χ0n) is 22.2. The lowest BCUT2D eigenvalue weighted by molar-refractivity contribution is 0.0938. The van der Waals surface area contributed by atoms with Crippen LogP contribution in [0.5, 0.6) is 0 Å². The van der Waals surface area contributed by atoms with Crippen molar-refractivity contribution in [3.63, 3.8) is 0 Å². The Morgan fingerprint density at radius 3 is 2.65 bits per heavy atom. The summed E-state index contributed by atoms with van der Waals surface area (Å²) in [7, 11) is 1.83. The van der Waals surface area contributed by atoms with Gasteiger partial charge in [0.2, 0.25) is 0 Å². The van der Waals surface area contributed by atoms with Gasteiger partial charge in [-0.15, -0.1) is 0 Å². The molecule has 4 heterocycles. The lowest BCUT2D eigenvalue weighted by Gasteiger charge is -2.21. The molecule has 40 heavy (non-hydrogen) atoms. The Kier molecular flexibility index (Phi) is 6.21. The molecule has 0 aliphatic rings. The molecule has 0 bridgehead atoms. The van der Waals surface area contributed by atoms with Gasteiger partial charge < -0.3 is 5.32 Å². The van der Waals surface area contributed by atoms with Crippen molar-refractivity contribution in [1.29, 1.82) is 0 Å². The number of amides is 1. The maximum absolute atomic E-state index is 14.2. The van der Waals surface area contributed by atoms with Crippen molar-refractivity contribution in [3.8, 4) is 17.5 Å². The number of carbonyl (C=O) groups excluding carboxylic acids is 1. The van der Waals surface area contributed by atoms with Crippen LogP contribution in [0, 0.1) is 18.8 Å². The summed E-state index contributed by atoms with van der Waals surface area (Å²) >= 11 is 0. The SMILES string of the molecule is Cc1ncn2ccnc2c1C(=O)NC(C)c1cc2cccc(C#Cc3cnn(C)c3)c2c(=O)n1-c1ccccc1. The highest BCUT2D eigenvalue weighted by Crippen LogP contribution is 2.24. The monoisotopic (exact) mass is 527 g/mol. The third-order valence-corrected chi connectivity index (χ3v) is 6.78. The third-order valence-electron chi connectivity index (χ3n) is 6.78. The number of aromatic nitrogens is 6. The topological polar surface area (TPSA) is 99.1 Å². The highest BCUT2D eigenvalue weighted by atomic mass is 16.2. The average Bonchev–Trinajstić information content (AvgIpc) is 3.60. The number of aryl methyl sites for hydroxylation is 2. The summed E-state index contributed by atoms with van der Waals surface area (Å²) in [5.41, 5.74) is 3.96. The molecule has 2 aromatic carbocycles. The lowest BCUT2D eigenvalue weighted by atomic mass is 10.0. The van der Waals surface area contributed by atoms with Gasteiger partial charge in [0.15, 0.2) is 5.65 Å². The van der Waals surface area contributed by atoms with E-state index in [2.05, 4.69) is 32.2 Å². The fraction of sp³-hybridized carbons (Fsp3) is 0.129. The largest absolute Gasteiger partial charge is 0.344 e. The molecule has 196 valence electrons. The predicted octanol–water partition coefficient (Wildman–Crippen LogP) is 3.97. The van der Waals surface area contributed by atoms with Crippen molar-refractivity contribution in [1.82, 2.24) is 34.0 Å². The summed E-state index contributed by atoms with van der Waals surface area (Å²) in [6.07, 6.45) is 8.51. The van der Waals surface area contributed by atoms with Gasteiger partial charge in [-0.3, -0.25) is 23.2 Å². The maximum Gasteiger partial charge on any atom is 0.264 e. The van der Waals surface area contributed by atoms with Crippen molar-refractivity contribution in [3.05, 3.63) is 124 Å². The second-order valence-electron chi connectivity index (χ2n) is 9.53. The number of hydrogen-bond donors (Lipinski definition) is 1. The van der Waals surface area contributed by atoms with Crippen LogP contribution in [0.2, 0.25) is 0 Å². The molecule has 1 N–H and O–H groups in total. The van der Waals surface area contributed by atoms with Crippen molar-refractivity contribution >= 4 is 22.3 Å². The van der Waals surface area contributed by atoms with Crippen molar-refractivity contribution < 1.29 is 4.79 Å². The molecular formula is C31H25N7O2. The number of hydrogen-bond acceptors (Lipinski definition) is 5. The van der Waals surface area contributed by atoms with E-state index in [0.717, 1.165) is 10.9 Å². The van der Waals surface area contributed by atoms with Gasteiger partial charge in [0.1, 0.15) is 11.9 Å². The molecule has 1 amide bonds. The van der Waals surface area contributed by atoms with Gasteiger partial charge in [-0.05, 0) is 43.5 Å². The molecule has 0 saturated heterocycles. The van der Waals surface area contributed by atoms with Gasteiger partial charge in [-0.1, -0.05) is 42.2 Å². The Morgan fingerprint density at radius 2 is 1.88 bits per heavy atom. The molecule has 9 nitrogen and oxygen atoms in total. The highest BCUT2D eigenvalue weighted by Gasteiger charge is 2.22. The van der Waals surface area contributed by atoms with Crippen molar-refractivity contribution in [2.45, 2.75) is 19.9 Å². The molecule has 0 radical (unpaired) electrons. The molecule has 6 rings (SSSR count). The number of carbonyl (C=O) groups is 1. The van der Waals surface area contributed by atoms with Crippen LogP contribution in [0.15, 0.2) is 90.5 Å². The quantitative estimate of drug-likeness (QED) is 0.350. The molecule has 1 atom stereocenters. The maximum atomic E-state index is 14.2. The van der Waals surface area contributed by atoms with Gasteiger partial charge in [0.05, 0.1) is 28.9 Å². The summed E-state index contributed by atoms with van der Waals surface area (Å²) in [6.45, 7) is 3.64. The lowest BCUT2D eigenvalue weighted by Crippen LogP contribution is -2.33. The fourth-order valence-corrected chi connectivity index (χ4v) is 4.86. The third kappa shape index (κ3) is 4.41. The molecule has 0 aliphatic heterocycles. The van der Waals surface area contributed by atoms with Gasteiger partial charge >= 0.3 is 0 Å². The van der Waals surface area contributed by atoms with Crippen LogP contribution in [-0.2, 0) is 7.05 Å². The van der Waals surface area contributed by atoms with E-state index in [0.29, 0.717) is 39.2 Å². The first-order chi connectivity index (χ1) is 19.4. The number of imidazole rings is 1. The van der Waals surface area contributed by atoms with Crippen LogP contribution in [0.3, 0.4) is 0 Å². The molecule has 4 aromatic heterocycles.